The molecule has 0 saturated carbocycles. The van der Waals surface area contributed by atoms with Crippen LogP contribution < -0.4 is 21.5 Å². The number of aromatic amines is 1. The topological polar surface area (TPSA) is 153 Å². The van der Waals surface area contributed by atoms with Gasteiger partial charge in [0.15, 0.2) is 0 Å². The second-order valence-electron chi connectivity index (χ2n) is 14.5. The average molecular weight is 719 g/mol. The lowest BCUT2D eigenvalue weighted by molar-refractivity contribution is -0.896. The number of H-pyrrole nitrogens is 1. The molecule has 4 aromatic carbocycles. The fourth-order valence-electron chi connectivity index (χ4n) is 6.83. The van der Waals surface area contributed by atoms with E-state index >= 15 is 0 Å². The molecule has 1 aliphatic rings. The van der Waals surface area contributed by atoms with Gasteiger partial charge in [-0.1, -0.05) is 60.7 Å². The Kier molecular flexibility index (Phi) is 11.6. The molecule has 2 amide bonds. The number of fused-ring (bicyclic) bond motifs is 1. The van der Waals surface area contributed by atoms with E-state index < -0.39 is 12.2 Å². The molecule has 276 valence electrons. The number of pyridine rings is 1. The molecule has 53 heavy (non-hydrogen) atoms. The Hall–Kier alpha value is -5.49. The Morgan fingerprint density at radius 3 is 2.42 bits per heavy atom. The summed E-state index contributed by atoms with van der Waals surface area (Å²) in [5.41, 5.74) is 6.58. The molecule has 0 unspecified atom stereocenters. The number of rotatable bonds is 12. The summed E-state index contributed by atoms with van der Waals surface area (Å²) in [6, 6.07) is 27.6. The van der Waals surface area contributed by atoms with E-state index in [0.717, 1.165) is 63.9 Å². The molecule has 0 spiro atoms. The monoisotopic (exact) mass is 718 g/mol. The largest absolute Gasteiger partial charge is 0.506 e. The first kappa shape index (κ1) is 37.3. The molecule has 5 aromatic rings. The summed E-state index contributed by atoms with van der Waals surface area (Å²) in [4.78, 5) is 40.5. The van der Waals surface area contributed by atoms with Gasteiger partial charge in [-0.3, -0.25) is 14.9 Å². The van der Waals surface area contributed by atoms with Crippen molar-refractivity contribution >= 4 is 34.3 Å². The number of piperidine rings is 1. The average Bonchev–Trinajstić information content (AvgIpc) is 3.13. The summed E-state index contributed by atoms with van der Waals surface area (Å²) in [6.45, 7) is 4.59. The highest BCUT2D eigenvalue weighted by atomic mass is 16.6. The molecule has 2 heterocycles. The molecular formula is C42H48N5O6+. The van der Waals surface area contributed by atoms with Crippen LogP contribution in [0.15, 0.2) is 95.8 Å². The minimum Gasteiger partial charge on any atom is -0.506 e. The molecular weight excluding hydrogens is 670 g/mol. The van der Waals surface area contributed by atoms with Crippen LogP contribution in [0, 0.1) is 6.92 Å². The molecule has 6 N–H and O–H groups in total. The zero-order valence-corrected chi connectivity index (χ0v) is 30.4. The van der Waals surface area contributed by atoms with Crippen LogP contribution in [0.4, 0.5) is 16.2 Å². The summed E-state index contributed by atoms with van der Waals surface area (Å²) in [5, 5.41) is 30.9. The Morgan fingerprint density at radius 1 is 0.906 bits per heavy atom. The molecule has 1 aromatic heterocycles. The number of phenols is 1. The lowest BCUT2D eigenvalue weighted by Crippen LogP contribution is -2.48. The molecule has 0 bridgehead atoms. The standard InChI is InChI=1S/C42H47N5O6/c1-27-23-29(25-43-26-38(49)33-13-16-37(48)41-34(33)14-18-40(51)46-41)10-15-35(27)44-39(50)17-11-28-9-12-32(30-7-5-4-6-8-30)36(24-28)45-42(52)53-31-19-21-47(2,3)22-20-31/h4-10,12-16,18,23-24,31,38,43,49H,11,17,19-22,25-26H2,1-3H3,(H3-,44,45,46,48,50,51,52)/p+1/t38-/m0/s1. The van der Waals surface area contributed by atoms with E-state index in [1.54, 1.807) is 12.1 Å². The molecule has 1 saturated heterocycles. The van der Waals surface area contributed by atoms with Crippen LogP contribution in [0.1, 0.15) is 47.6 Å². The Labute approximate surface area is 309 Å². The van der Waals surface area contributed by atoms with Crippen molar-refractivity contribution in [2.24, 2.45) is 0 Å². The zero-order chi connectivity index (χ0) is 37.5. The van der Waals surface area contributed by atoms with Gasteiger partial charge in [-0.15, -0.1) is 0 Å². The number of anilines is 2. The van der Waals surface area contributed by atoms with Gasteiger partial charge in [-0.2, -0.15) is 0 Å². The van der Waals surface area contributed by atoms with Crippen molar-refractivity contribution in [1.29, 1.82) is 0 Å². The van der Waals surface area contributed by atoms with E-state index in [0.29, 0.717) is 35.1 Å². The highest BCUT2D eigenvalue weighted by molar-refractivity contribution is 5.93. The maximum absolute atomic E-state index is 13.1. The van der Waals surface area contributed by atoms with Gasteiger partial charge < -0.3 is 35.1 Å². The van der Waals surface area contributed by atoms with Crippen LogP contribution in [-0.4, -0.2) is 71.5 Å². The predicted molar refractivity (Wildman–Crippen MR) is 208 cm³/mol. The van der Waals surface area contributed by atoms with Crippen LogP contribution >= 0.6 is 0 Å². The van der Waals surface area contributed by atoms with E-state index in [4.69, 9.17) is 4.74 Å². The van der Waals surface area contributed by atoms with Crippen molar-refractivity contribution in [3.63, 3.8) is 0 Å². The van der Waals surface area contributed by atoms with Gasteiger partial charge in [0.05, 0.1) is 44.5 Å². The smallest absolute Gasteiger partial charge is 0.411 e. The minimum atomic E-state index is -0.868. The van der Waals surface area contributed by atoms with E-state index in [2.05, 4.69) is 35.0 Å². The first-order valence-electron chi connectivity index (χ1n) is 18.1. The number of phenolic OH excluding ortho intramolecular Hbond substituents is 1. The number of ether oxygens (including phenoxy) is 1. The number of hydrogen-bond donors (Lipinski definition) is 6. The second kappa shape index (κ2) is 16.5. The number of amides is 2. The Balaban J connectivity index is 1.03. The van der Waals surface area contributed by atoms with Crippen molar-refractivity contribution in [1.82, 2.24) is 10.3 Å². The predicted octanol–water partition coefficient (Wildman–Crippen LogP) is 6.39. The molecule has 1 aliphatic heterocycles. The third kappa shape index (κ3) is 9.69. The number of aliphatic hydroxyl groups excluding tert-OH is 1. The van der Waals surface area contributed by atoms with Crippen molar-refractivity contribution in [3.8, 4) is 16.9 Å². The lowest BCUT2D eigenvalue weighted by Gasteiger charge is -2.36. The molecule has 0 radical (unpaired) electrons. The lowest BCUT2D eigenvalue weighted by atomic mass is 9.99. The van der Waals surface area contributed by atoms with Gasteiger partial charge in [0.1, 0.15) is 11.9 Å². The number of aromatic nitrogens is 1. The van der Waals surface area contributed by atoms with Crippen LogP contribution in [0.25, 0.3) is 22.0 Å². The molecule has 0 aliphatic carbocycles. The summed E-state index contributed by atoms with van der Waals surface area (Å²) in [5.74, 6) is -0.176. The van der Waals surface area contributed by atoms with Gasteiger partial charge in [-0.05, 0) is 65.4 Å². The third-order valence-electron chi connectivity index (χ3n) is 9.93. The number of hydrogen-bond acceptors (Lipinski definition) is 7. The summed E-state index contributed by atoms with van der Waals surface area (Å²) in [7, 11) is 4.38. The third-order valence-corrected chi connectivity index (χ3v) is 9.93. The van der Waals surface area contributed by atoms with E-state index in [1.165, 1.54) is 12.1 Å². The van der Waals surface area contributed by atoms with Crippen LogP contribution in [0.2, 0.25) is 0 Å². The quantitative estimate of drug-likeness (QED) is 0.0818. The molecule has 6 rings (SSSR count). The van der Waals surface area contributed by atoms with E-state index in [9.17, 15) is 24.6 Å². The second-order valence-corrected chi connectivity index (χ2v) is 14.5. The molecule has 11 heteroatoms. The first-order chi connectivity index (χ1) is 25.4. The Bertz CT molecular complexity index is 2140. The maximum atomic E-state index is 13.1. The van der Waals surface area contributed by atoms with Crippen LogP contribution in [0.5, 0.6) is 5.75 Å². The maximum Gasteiger partial charge on any atom is 0.411 e. The van der Waals surface area contributed by atoms with Gasteiger partial charge in [0.25, 0.3) is 0 Å². The number of aryl methyl sites for hydroxylation is 2. The number of nitrogens with zero attached hydrogens (tertiary/aromatic N) is 1. The summed E-state index contributed by atoms with van der Waals surface area (Å²) in [6.07, 6.45) is 0.950. The summed E-state index contributed by atoms with van der Waals surface area (Å²) < 4.78 is 6.75. The molecule has 1 atom stereocenters. The number of aliphatic hydroxyl groups is 1. The zero-order valence-electron chi connectivity index (χ0n) is 30.4. The number of likely N-dealkylation sites (tertiary alicyclic amines) is 1. The van der Waals surface area contributed by atoms with Crippen molar-refractivity contribution < 1.29 is 29.0 Å². The fourth-order valence-corrected chi connectivity index (χ4v) is 6.83. The number of quaternary nitrogens is 1. The van der Waals surface area contributed by atoms with Gasteiger partial charge >= 0.3 is 6.09 Å². The number of aromatic hydroxyl groups is 1. The Morgan fingerprint density at radius 2 is 1.66 bits per heavy atom. The van der Waals surface area contributed by atoms with Crippen molar-refractivity contribution in [3.05, 3.63) is 124 Å². The SMILES string of the molecule is Cc1cc(CNC[C@H](O)c2ccc(O)c3[nH]c(=O)ccc23)ccc1NC(=O)CCc1ccc(-c2ccccc2)c(NC(=O)OC2CC[N+](C)(C)CC2)c1. The van der Waals surface area contributed by atoms with Gasteiger partial charge in [-0.25, -0.2) is 4.79 Å². The molecule has 1 fully saturated rings. The van der Waals surface area contributed by atoms with Gasteiger partial charge in [0, 0.05) is 55.1 Å². The van der Waals surface area contributed by atoms with E-state index in [1.807, 2.05) is 73.7 Å². The summed E-state index contributed by atoms with van der Waals surface area (Å²) >= 11 is 0. The van der Waals surface area contributed by atoms with Gasteiger partial charge in [0.2, 0.25) is 11.5 Å². The normalized spacial score (nSPS) is 14.8. The highest BCUT2D eigenvalue weighted by Crippen LogP contribution is 2.31. The number of nitrogens with one attached hydrogen (secondary N) is 4. The highest BCUT2D eigenvalue weighted by Gasteiger charge is 2.28. The van der Waals surface area contributed by atoms with Crippen LogP contribution in [0.3, 0.4) is 0 Å². The van der Waals surface area contributed by atoms with Crippen LogP contribution in [-0.2, 0) is 22.5 Å². The number of carbonyl (C=O) groups is 2. The van der Waals surface area contributed by atoms with E-state index in [-0.39, 0.29) is 36.3 Å². The first-order valence-corrected chi connectivity index (χ1v) is 18.1. The van der Waals surface area contributed by atoms with Crippen molar-refractivity contribution in [2.45, 2.75) is 51.4 Å². The molecule has 11 nitrogen and oxygen atoms in total. The van der Waals surface area contributed by atoms with Crippen molar-refractivity contribution in [2.75, 3.05) is 44.4 Å². The number of benzene rings is 4. The number of carbonyl (C=O) groups excluding carboxylic acids is 2. The fraction of sp³-hybridized carbons (Fsp3) is 0.310. The minimum absolute atomic E-state index is 0.0549.